The first kappa shape index (κ1) is 16.0. The van der Waals surface area contributed by atoms with Gasteiger partial charge < -0.3 is 0 Å². The number of nitro groups is 1. The highest BCUT2D eigenvalue weighted by molar-refractivity contribution is 5.82. The molecule has 0 atom stereocenters. The number of pyridine rings is 1. The van der Waals surface area contributed by atoms with Crippen LogP contribution in [0, 0.1) is 22.9 Å². The van der Waals surface area contributed by atoms with Crippen molar-refractivity contribution < 1.29 is 9.31 Å². The number of nitrogens with zero attached hydrogens (tertiary/aromatic N) is 3. The van der Waals surface area contributed by atoms with Gasteiger partial charge in [0.1, 0.15) is 11.5 Å². The highest BCUT2D eigenvalue weighted by Gasteiger charge is 2.17. The van der Waals surface area contributed by atoms with E-state index >= 15 is 0 Å². The second-order valence-electron chi connectivity index (χ2n) is 6.05. The van der Waals surface area contributed by atoms with Crippen molar-refractivity contribution in [3.8, 4) is 22.5 Å². The standard InChI is InChI=1S/C20H14FN3O2/c1-13-2-11-18-22-19(14-3-7-16(21)8-4-14)20(23(18)12-13)15-5-9-17(10-6-15)24(25)26/h2-12H,1H3. The van der Waals surface area contributed by atoms with Gasteiger partial charge in [0, 0.05) is 29.5 Å². The molecule has 0 aliphatic carbocycles. The third kappa shape index (κ3) is 2.71. The van der Waals surface area contributed by atoms with Gasteiger partial charge >= 0.3 is 0 Å². The van der Waals surface area contributed by atoms with Crippen LogP contribution in [-0.2, 0) is 0 Å². The molecule has 0 spiro atoms. The Labute approximate surface area is 148 Å². The maximum Gasteiger partial charge on any atom is 0.269 e. The summed E-state index contributed by atoms with van der Waals surface area (Å²) in [5.74, 6) is -0.315. The van der Waals surface area contributed by atoms with Crippen LogP contribution < -0.4 is 0 Å². The normalized spacial score (nSPS) is 11.0. The lowest BCUT2D eigenvalue weighted by Crippen LogP contribution is -1.92. The Hall–Kier alpha value is -3.54. The highest BCUT2D eigenvalue weighted by atomic mass is 19.1. The number of aryl methyl sites for hydroxylation is 1. The van der Waals surface area contributed by atoms with E-state index in [2.05, 4.69) is 0 Å². The lowest BCUT2D eigenvalue weighted by molar-refractivity contribution is -0.384. The minimum absolute atomic E-state index is 0.0297. The lowest BCUT2D eigenvalue weighted by atomic mass is 10.0. The largest absolute Gasteiger partial charge is 0.299 e. The summed E-state index contributed by atoms with van der Waals surface area (Å²) in [5.41, 5.74) is 4.93. The molecule has 2 heterocycles. The fourth-order valence-electron chi connectivity index (χ4n) is 2.98. The first-order chi connectivity index (χ1) is 12.5. The van der Waals surface area contributed by atoms with Crippen LogP contribution in [0.25, 0.3) is 28.2 Å². The van der Waals surface area contributed by atoms with Gasteiger partial charge in [-0.3, -0.25) is 14.5 Å². The van der Waals surface area contributed by atoms with Crippen LogP contribution in [0.4, 0.5) is 10.1 Å². The molecule has 0 aliphatic rings. The van der Waals surface area contributed by atoms with E-state index in [9.17, 15) is 14.5 Å². The third-order valence-corrected chi connectivity index (χ3v) is 4.24. The number of rotatable bonds is 3. The van der Waals surface area contributed by atoms with E-state index in [4.69, 9.17) is 4.98 Å². The van der Waals surface area contributed by atoms with E-state index < -0.39 is 4.92 Å². The quantitative estimate of drug-likeness (QED) is 0.386. The summed E-state index contributed by atoms with van der Waals surface area (Å²) in [6.45, 7) is 1.98. The van der Waals surface area contributed by atoms with E-state index in [1.54, 1.807) is 24.3 Å². The first-order valence-electron chi connectivity index (χ1n) is 8.02. The molecule has 2 aromatic carbocycles. The molecule has 0 bridgehead atoms. The Morgan fingerprint density at radius 2 is 1.62 bits per heavy atom. The van der Waals surface area contributed by atoms with Gasteiger partial charge in [-0.1, -0.05) is 6.07 Å². The van der Waals surface area contributed by atoms with Gasteiger partial charge in [0.25, 0.3) is 5.69 Å². The minimum Gasteiger partial charge on any atom is -0.299 e. The molecule has 0 fully saturated rings. The molecular weight excluding hydrogens is 333 g/mol. The molecule has 4 aromatic rings. The molecule has 0 amide bonds. The maximum atomic E-state index is 13.3. The Morgan fingerprint density at radius 3 is 2.27 bits per heavy atom. The second kappa shape index (κ2) is 6.07. The van der Waals surface area contributed by atoms with Crippen molar-refractivity contribution in [2.24, 2.45) is 0 Å². The van der Waals surface area contributed by atoms with Crippen LogP contribution in [0.1, 0.15) is 5.56 Å². The molecule has 0 N–H and O–H groups in total. The molecule has 0 radical (unpaired) electrons. The Kier molecular flexibility index (Phi) is 3.73. The van der Waals surface area contributed by atoms with Crippen molar-refractivity contribution in [3.05, 3.63) is 88.4 Å². The molecule has 6 heteroatoms. The first-order valence-corrected chi connectivity index (χ1v) is 8.02. The number of hydrogen-bond donors (Lipinski definition) is 0. The third-order valence-electron chi connectivity index (χ3n) is 4.24. The van der Waals surface area contributed by atoms with E-state index in [0.29, 0.717) is 5.69 Å². The Balaban J connectivity index is 1.98. The molecule has 2 aromatic heterocycles. The van der Waals surface area contributed by atoms with Crippen molar-refractivity contribution >= 4 is 11.3 Å². The van der Waals surface area contributed by atoms with Crippen molar-refractivity contribution in [2.45, 2.75) is 6.92 Å². The van der Waals surface area contributed by atoms with Crippen LogP contribution in [-0.4, -0.2) is 14.3 Å². The molecule has 5 nitrogen and oxygen atoms in total. The Morgan fingerprint density at radius 1 is 0.962 bits per heavy atom. The highest BCUT2D eigenvalue weighted by Crippen LogP contribution is 2.33. The number of imidazole rings is 1. The number of aromatic nitrogens is 2. The fourth-order valence-corrected chi connectivity index (χ4v) is 2.98. The van der Waals surface area contributed by atoms with E-state index in [-0.39, 0.29) is 11.5 Å². The smallest absolute Gasteiger partial charge is 0.269 e. The number of fused-ring (bicyclic) bond motifs is 1. The monoisotopic (exact) mass is 347 g/mol. The molecule has 0 saturated carbocycles. The van der Waals surface area contributed by atoms with Crippen LogP contribution in [0.5, 0.6) is 0 Å². The van der Waals surface area contributed by atoms with Gasteiger partial charge in [-0.05, 0) is 55.0 Å². The van der Waals surface area contributed by atoms with Crippen molar-refractivity contribution in [1.82, 2.24) is 9.38 Å². The molecular formula is C20H14FN3O2. The molecule has 0 unspecified atom stereocenters. The molecule has 4 rings (SSSR count). The minimum atomic E-state index is -0.427. The zero-order valence-corrected chi connectivity index (χ0v) is 13.9. The zero-order chi connectivity index (χ0) is 18.3. The summed E-state index contributed by atoms with van der Waals surface area (Å²) in [6.07, 6.45) is 1.96. The van der Waals surface area contributed by atoms with Crippen molar-refractivity contribution in [3.63, 3.8) is 0 Å². The van der Waals surface area contributed by atoms with Gasteiger partial charge in [-0.2, -0.15) is 0 Å². The average Bonchev–Trinajstić information content (AvgIpc) is 3.01. The summed E-state index contributed by atoms with van der Waals surface area (Å²) < 4.78 is 15.3. The van der Waals surface area contributed by atoms with Crippen LogP contribution >= 0.6 is 0 Å². The van der Waals surface area contributed by atoms with E-state index in [0.717, 1.165) is 28.0 Å². The van der Waals surface area contributed by atoms with Crippen LogP contribution in [0.15, 0.2) is 66.9 Å². The maximum absolute atomic E-state index is 13.3. The molecule has 0 aliphatic heterocycles. The summed E-state index contributed by atoms with van der Waals surface area (Å²) in [7, 11) is 0. The predicted octanol–water partition coefficient (Wildman–Crippen LogP) is 5.02. The summed E-state index contributed by atoms with van der Waals surface area (Å²) in [4.78, 5) is 15.2. The second-order valence-corrected chi connectivity index (χ2v) is 6.05. The number of nitro benzene ring substituents is 1. The number of hydrogen-bond acceptors (Lipinski definition) is 3. The summed E-state index contributed by atoms with van der Waals surface area (Å²) in [6, 6.07) is 16.4. The van der Waals surface area contributed by atoms with Gasteiger partial charge in [0.15, 0.2) is 0 Å². The van der Waals surface area contributed by atoms with Gasteiger partial charge in [-0.25, -0.2) is 9.37 Å². The van der Waals surface area contributed by atoms with Gasteiger partial charge in [0.05, 0.1) is 16.3 Å². The lowest BCUT2D eigenvalue weighted by Gasteiger charge is -2.06. The van der Waals surface area contributed by atoms with Crippen molar-refractivity contribution in [2.75, 3.05) is 0 Å². The van der Waals surface area contributed by atoms with E-state index in [1.807, 2.05) is 29.7 Å². The Bertz CT molecular complexity index is 1120. The van der Waals surface area contributed by atoms with Gasteiger partial charge in [0.2, 0.25) is 0 Å². The van der Waals surface area contributed by atoms with Crippen LogP contribution in [0.2, 0.25) is 0 Å². The number of halogens is 1. The SMILES string of the molecule is Cc1ccc2nc(-c3ccc(F)cc3)c(-c3ccc([N+](=O)[O-])cc3)n2c1. The molecule has 0 saturated heterocycles. The topological polar surface area (TPSA) is 60.4 Å². The van der Waals surface area contributed by atoms with Crippen molar-refractivity contribution in [1.29, 1.82) is 0 Å². The summed E-state index contributed by atoms with van der Waals surface area (Å²) in [5, 5.41) is 10.9. The predicted molar refractivity (Wildman–Crippen MR) is 97.4 cm³/mol. The average molecular weight is 347 g/mol. The van der Waals surface area contributed by atoms with Gasteiger partial charge in [-0.15, -0.1) is 0 Å². The van der Waals surface area contributed by atoms with E-state index in [1.165, 1.54) is 24.3 Å². The zero-order valence-electron chi connectivity index (χ0n) is 13.9. The molecule has 128 valence electrons. The number of non-ortho nitro benzene ring substituents is 1. The summed E-state index contributed by atoms with van der Waals surface area (Å²) >= 11 is 0. The molecule has 26 heavy (non-hydrogen) atoms. The number of benzene rings is 2. The van der Waals surface area contributed by atoms with Crippen LogP contribution in [0.3, 0.4) is 0 Å². The fraction of sp³-hybridized carbons (Fsp3) is 0.0500.